The molecule has 4 nitrogen and oxygen atoms in total. The summed E-state index contributed by atoms with van der Waals surface area (Å²) in [6.07, 6.45) is 0.618. The van der Waals surface area contributed by atoms with E-state index >= 15 is 0 Å². The highest BCUT2D eigenvalue weighted by molar-refractivity contribution is 4.85. The molecule has 0 aliphatic heterocycles. The highest BCUT2D eigenvalue weighted by Gasteiger charge is 2.27. The molecule has 0 saturated carbocycles. The Kier molecular flexibility index (Phi) is 3.44. The van der Waals surface area contributed by atoms with Gasteiger partial charge in [0.05, 0.1) is 0 Å². The van der Waals surface area contributed by atoms with E-state index in [-0.39, 0.29) is 11.1 Å². The van der Waals surface area contributed by atoms with Crippen LogP contribution in [0.15, 0.2) is 0 Å². The molecule has 0 atom stereocenters. The summed E-state index contributed by atoms with van der Waals surface area (Å²) in [6, 6.07) is 0. The van der Waals surface area contributed by atoms with E-state index < -0.39 is 0 Å². The average molecular weight is 162 g/mol. The van der Waals surface area contributed by atoms with Crippen LogP contribution >= 0.6 is 0 Å². The van der Waals surface area contributed by atoms with Gasteiger partial charge in [0.25, 0.3) is 0 Å². The summed E-state index contributed by atoms with van der Waals surface area (Å²) in [6.45, 7) is 7.41. The minimum absolute atomic E-state index is 0.390. The van der Waals surface area contributed by atoms with Gasteiger partial charge >= 0.3 is 0 Å². The van der Waals surface area contributed by atoms with Crippen molar-refractivity contribution < 1.29 is 10.4 Å². The van der Waals surface area contributed by atoms with Gasteiger partial charge in [0, 0.05) is 11.1 Å². The molecule has 68 valence electrons. The van der Waals surface area contributed by atoms with Crippen LogP contribution in [0, 0.1) is 0 Å². The van der Waals surface area contributed by atoms with Crippen molar-refractivity contribution in [1.82, 2.24) is 11.0 Å². The molecule has 0 rings (SSSR count). The fourth-order valence-corrected chi connectivity index (χ4v) is 1.18. The molecule has 4 N–H and O–H groups in total. The highest BCUT2D eigenvalue weighted by Crippen LogP contribution is 2.18. The third-order valence-corrected chi connectivity index (χ3v) is 1.49. The van der Waals surface area contributed by atoms with Crippen LogP contribution in [0.5, 0.6) is 0 Å². The SMILES string of the molecule is CC(C)(CC(C)(C)NO)NO. The molecule has 0 spiro atoms. The molecular formula is C7H18N2O2. The predicted octanol–water partition coefficient (Wildman–Crippen LogP) is 0.891. The van der Waals surface area contributed by atoms with Crippen molar-refractivity contribution in [1.29, 1.82) is 0 Å². The molecule has 0 unspecified atom stereocenters. The Bertz CT molecular complexity index is 110. The van der Waals surface area contributed by atoms with Gasteiger partial charge in [-0.2, -0.15) is 11.0 Å². The Labute approximate surface area is 67.5 Å². The van der Waals surface area contributed by atoms with Gasteiger partial charge in [-0.3, -0.25) is 0 Å². The van der Waals surface area contributed by atoms with Crippen molar-refractivity contribution in [3.05, 3.63) is 0 Å². The largest absolute Gasteiger partial charge is 0.316 e. The molecule has 0 saturated heterocycles. The van der Waals surface area contributed by atoms with E-state index in [9.17, 15) is 0 Å². The van der Waals surface area contributed by atoms with E-state index in [1.165, 1.54) is 0 Å². The molecule has 0 fully saturated rings. The third kappa shape index (κ3) is 4.31. The zero-order valence-corrected chi connectivity index (χ0v) is 7.60. The summed E-state index contributed by atoms with van der Waals surface area (Å²) in [4.78, 5) is 0. The summed E-state index contributed by atoms with van der Waals surface area (Å²) in [5, 5.41) is 17.4. The molecule has 0 aliphatic carbocycles. The highest BCUT2D eigenvalue weighted by atomic mass is 16.5. The minimum atomic E-state index is -0.390. The molecule has 4 heteroatoms. The smallest absolute Gasteiger partial charge is 0.0392 e. The average Bonchev–Trinajstić information content (AvgIpc) is 1.86. The van der Waals surface area contributed by atoms with Crippen LogP contribution in [0.1, 0.15) is 34.1 Å². The first-order valence-corrected chi connectivity index (χ1v) is 3.65. The number of hydrogen-bond donors (Lipinski definition) is 4. The minimum Gasteiger partial charge on any atom is -0.316 e. The Balaban J connectivity index is 4.02. The second kappa shape index (κ2) is 3.49. The summed E-state index contributed by atoms with van der Waals surface area (Å²) < 4.78 is 0. The molecule has 0 aromatic rings. The molecule has 0 bridgehead atoms. The Hall–Kier alpha value is -0.160. The predicted molar refractivity (Wildman–Crippen MR) is 42.6 cm³/mol. The van der Waals surface area contributed by atoms with Crippen LogP contribution in [-0.2, 0) is 0 Å². The maximum Gasteiger partial charge on any atom is 0.0392 e. The lowest BCUT2D eigenvalue weighted by molar-refractivity contribution is 0.0207. The summed E-state index contributed by atoms with van der Waals surface area (Å²) >= 11 is 0. The first kappa shape index (κ1) is 10.8. The third-order valence-electron chi connectivity index (χ3n) is 1.49. The monoisotopic (exact) mass is 162 g/mol. The van der Waals surface area contributed by atoms with Gasteiger partial charge in [0.2, 0.25) is 0 Å². The van der Waals surface area contributed by atoms with E-state index in [2.05, 4.69) is 11.0 Å². The lowest BCUT2D eigenvalue weighted by atomic mass is 9.88. The maximum absolute atomic E-state index is 8.69. The topological polar surface area (TPSA) is 64.5 Å². The second-order valence-electron chi connectivity index (χ2n) is 4.17. The van der Waals surface area contributed by atoms with Crippen molar-refractivity contribution in [3.63, 3.8) is 0 Å². The van der Waals surface area contributed by atoms with Crippen molar-refractivity contribution in [2.45, 2.75) is 45.2 Å². The van der Waals surface area contributed by atoms with Crippen molar-refractivity contribution in [2.75, 3.05) is 0 Å². The van der Waals surface area contributed by atoms with Crippen LogP contribution in [0.25, 0.3) is 0 Å². The number of hydrogen-bond acceptors (Lipinski definition) is 4. The lowest BCUT2D eigenvalue weighted by Gasteiger charge is -2.32. The standard InChI is InChI=1S/C7H18N2O2/c1-6(2,8-10)5-7(3,4)9-11/h8-11H,5H2,1-4H3. The van der Waals surface area contributed by atoms with Gasteiger partial charge in [-0.15, -0.1) is 0 Å². The second-order valence-corrected chi connectivity index (χ2v) is 4.17. The van der Waals surface area contributed by atoms with E-state index in [1.54, 1.807) is 0 Å². The maximum atomic E-state index is 8.69. The van der Waals surface area contributed by atoms with Gasteiger partial charge in [0.15, 0.2) is 0 Å². The molecule has 11 heavy (non-hydrogen) atoms. The lowest BCUT2D eigenvalue weighted by Crippen LogP contribution is -2.48. The van der Waals surface area contributed by atoms with Crippen molar-refractivity contribution in [2.24, 2.45) is 0 Å². The number of nitrogens with one attached hydrogen (secondary N) is 2. The zero-order chi connectivity index (χ0) is 9.12. The summed E-state index contributed by atoms with van der Waals surface area (Å²) in [5.74, 6) is 0. The molecule has 0 amide bonds. The fourth-order valence-electron chi connectivity index (χ4n) is 1.18. The van der Waals surface area contributed by atoms with E-state index in [1.807, 2.05) is 27.7 Å². The van der Waals surface area contributed by atoms with Crippen molar-refractivity contribution >= 4 is 0 Å². The van der Waals surface area contributed by atoms with Crippen LogP contribution in [0.4, 0.5) is 0 Å². The van der Waals surface area contributed by atoms with E-state index in [0.717, 1.165) is 0 Å². The molecule has 0 heterocycles. The molecular weight excluding hydrogens is 144 g/mol. The van der Waals surface area contributed by atoms with Crippen LogP contribution in [0.3, 0.4) is 0 Å². The zero-order valence-electron chi connectivity index (χ0n) is 7.60. The number of hydroxylamine groups is 2. The molecule has 0 aliphatic rings. The first-order valence-electron chi connectivity index (χ1n) is 3.65. The van der Waals surface area contributed by atoms with Gasteiger partial charge in [-0.05, 0) is 34.1 Å². The summed E-state index contributed by atoms with van der Waals surface area (Å²) in [7, 11) is 0. The van der Waals surface area contributed by atoms with Gasteiger partial charge in [-0.1, -0.05) is 0 Å². The van der Waals surface area contributed by atoms with Gasteiger partial charge in [-0.25, -0.2) is 0 Å². The quantitative estimate of drug-likeness (QED) is 0.464. The number of rotatable bonds is 4. The van der Waals surface area contributed by atoms with Crippen LogP contribution in [0.2, 0.25) is 0 Å². The first-order chi connectivity index (χ1) is 4.83. The van der Waals surface area contributed by atoms with Crippen LogP contribution in [-0.4, -0.2) is 21.5 Å². The Morgan fingerprint density at radius 3 is 1.36 bits per heavy atom. The van der Waals surface area contributed by atoms with Gasteiger partial charge < -0.3 is 10.4 Å². The normalized spacial score (nSPS) is 13.6. The summed E-state index contributed by atoms with van der Waals surface area (Å²) in [5.41, 5.74) is 3.58. The molecule has 0 radical (unpaired) electrons. The van der Waals surface area contributed by atoms with Gasteiger partial charge in [0.1, 0.15) is 0 Å². The molecule has 0 aromatic carbocycles. The fraction of sp³-hybridized carbons (Fsp3) is 1.00. The van der Waals surface area contributed by atoms with E-state index in [4.69, 9.17) is 10.4 Å². The Morgan fingerprint density at radius 2 is 1.18 bits per heavy atom. The molecule has 0 aromatic heterocycles. The Morgan fingerprint density at radius 1 is 0.909 bits per heavy atom. The van der Waals surface area contributed by atoms with Crippen molar-refractivity contribution in [3.8, 4) is 0 Å². The van der Waals surface area contributed by atoms with Crippen LogP contribution < -0.4 is 11.0 Å². The van der Waals surface area contributed by atoms with E-state index in [0.29, 0.717) is 6.42 Å².